The molecule has 0 aliphatic heterocycles. The molecule has 0 spiro atoms. The van der Waals surface area contributed by atoms with Crippen LogP contribution in [0.15, 0.2) is 34.9 Å². The average Bonchev–Trinajstić information content (AvgIpc) is 2.89. The second-order valence-electron chi connectivity index (χ2n) is 6.34. The normalized spacial score (nSPS) is 16.4. The van der Waals surface area contributed by atoms with Crippen LogP contribution in [0.4, 0.5) is 0 Å². The van der Waals surface area contributed by atoms with Crippen LogP contribution >= 0.6 is 11.3 Å². The van der Waals surface area contributed by atoms with Crippen molar-refractivity contribution in [3.63, 3.8) is 0 Å². The van der Waals surface area contributed by atoms with Crippen molar-refractivity contribution in [2.24, 2.45) is 0 Å². The number of rotatable bonds is 3. The van der Waals surface area contributed by atoms with Crippen LogP contribution in [0.3, 0.4) is 0 Å². The van der Waals surface area contributed by atoms with Gasteiger partial charge in [0.25, 0.3) is 0 Å². The molecule has 1 aromatic rings. The zero-order valence-corrected chi connectivity index (χ0v) is 14.3. The Morgan fingerprint density at radius 2 is 1.82 bits per heavy atom. The Morgan fingerprint density at radius 1 is 1.12 bits per heavy atom. The lowest BCUT2D eigenvalue weighted by atomic mass is 10.5. The van der Waals surface area contributed by atoms with E-state index in [1.807, 2.05) is 11.3 Å². The fraction of sp³-hybridized carbons (Fsp3) is 0.429. The lowest BCUT2D eigenvalue weighted by molar-refractivity contribution is 1.44. The molecule has 1 aliphatic carbocycles. The quantitative estimate of drug-likeness (QED) is 0.741. The van der Waals surface area contributed by atoms with Crippen molar-refractivity contribution in [2.75, 3.05) is 0 Å². The zero-order chi connectivity index (χ0) is 12.7. The van der Waals surface area contributed by atoms with Gasteiger partial charge in [0.1, 0.15) is 8.07 Å². The molecule has 0 aromatic carbocycles. The average molecular weight is 279 g/mol. The maximum Gasteiger partial charge on any atom is 0.124 e. The van der Waals surface area contributed by atoms with Gasteiger partial charge in [-0.25, -0.2) is 0 Å². The smallest absolute Gasteiger partial charge is 0.124 e. The Kier molecular flexibility index (Phi) is 3.36. The van der Waals surface area contributed by atoms with E-state index in [0.29, 0.717) is 0 Å². The zero-order valence-electron chi connectivity index (χ0n) is 11.5. The monoisotopic (exact) mass is 278 g/mol. The second-order valence-corrected chi connectivity index (χ2v) is 17.0. The summed E-state index contributed by atoms with van der Waals surface area (Å²) in [6, 6.07) is 2.39. The van der Waals surface area contributed by atoms with E-state index in [1.165, 1.54) is 0 Å². The fourth-order valence-corrected chi connectivity index (χ4v) is 11.4. The van der Waals surface area contributed by atoms with Crippen LogP contribution in [0.2, 0.25) is 32.7 Å². The minimum Gasteiger partial charge on any atom is -0.153 e. The first-order valence-corrected chi connectivity index (χ1v) is 13.7. The highest BCUT2D eigenvalue weighted by molar-refractivity contribution is 7.29. The standard InChI is InChI=1S/C14H22SSi2/c1-16(2,3)13-10-11-15-14(13)17(4,5)12-8-6-7-9-12/h6,8-11H,7H2,1-5H3. The Morgan fingerprint density at radius 3 is 2.35 bits per heavy atom. The van der Waals surface area contributed by atoms with Gasteiger partial charge < -0.3 is 0 Å². The Labute approximate surface area is 111 Å². The largest absolute Gasteiger partial charge is 0.153 e. The van der Waals surface area contributed by atoms with Crippen molar-refractivity contribution in [1.29, 1.82) is 0 Å². The van der Waals surface area contributed by atoms with Crippen molar-refractivity contribution in [1.82, 2.24) is 0 Å². The number of thiophene rings is 1. The van der Waals surface area contributed by atoms with Gasteiger partial charge in [0.2, 0.25) is 0 Å². The lowest BCUT2D eigenvalue weighted by Crippen LogP contribution is -2.55. The molecule has 0 atom stereocenters. The first-order valence-electron chi connectivity index (χ1n) is 6.29. The highest BCUT2D eigenvalue weighted by Gasteiger charge is 2.34. The molecule has 92 valence electrons. The molecule has 3 heteroatoms. The van der Waals surface area contributed by atoms with E-state index >= 15 is 0 Å². The molecule has 0 amide bonds. The molecule has 1 aliphatic rings. The third-order valence-electron chi connectivity index (χ3n) is 3.53. The fourth-order valence-electron chi connectivity index (χ4n) is 2.44. The summed E-state index contributed by atoms with van der Waals surface area (Å²) in [5, 5.41) is 5.62. The van der Waals surface area contributed by atoms with Gasteiger partial charge in [0.15, 0.2) is 0 Å². The van der Waals surface area contributed by atoms with Crippen LogP contribution in [0.25, 0.3) is 0 Å². The van der Waals surface area contributed by atoms with Crippen LogP contribution in [0.5, 0.6) is 0 Å². The van der Waals surface area contributed by atoms with Crippen molar-refractivity contribution in [2.45, 2.75) is 39.2 Å². The van der Waals surface area contributed by atoms with Crippen LogP contribution in [0.1, 0.15) is 6.42 Å². The van der Waals surface area contributed by atoms with Gasteiger partial charge in [0.05, 0.1) is 8.07 Å². The van der Waals surface area contributed by atoms with E-state index in [9.17, 15) is 0 Å². The summed E-state index contributed by atoms with van der Waals surface area (Å²) in [5.74, 6) is 0. The van der Waals surface area contributed by atoms with E-state index in [4.69, 9.17) is 0 Å². The van der Waals surface area contributed by atoms with E-state index in [0.717, 1.165) is 6.42 Å². The molecular weight excluding hydrogens is 256 g/mol. The molecule has 1 aromatic heterocycles. The van der Waals surface area contributed by atoms with Crippen LogP contribution < -0.4 is 9.69 Å². The van der Waals surface area contributed by atoms with Gasteiger partial charge >= 0.3 is 0 Å². The highest BCUT2D eigenvalue weighted by Crippen LogP contribution is 2.23. The maximum atomic E-state index is 2.50. The molecule has 0 N–H and O–H groups in total. The van der Waals surface area contributed by atoms with Gasteiger partial charge in [-0.15, -0.1) is 0 Å². The highest BCUT2D eigenvalue weighted by atomic mass is 32.1. The Balaban J connectivity index is 2.47. The number of hydrogen-bond donors (Lipinski definition) is 0. The summed E-state index contributed by atoms with van der Waals surface area (Å²) >= 11 is 1.99. The third-order valence-corrected chi connectivity index (χ3v) is 11.8. The Bertz CT molecular complexity index is 473. The third kappa shape index (κ3) is 2.42. The van der Waals surface area contributed by atoms with Crippen molar-refractivity contribution >= 4 is 37.2 Å². The van der Waals surface area contributed by atoms with Crippen molar-refractivity contribution in [3.05, 3.63) is 34.9 Å². The molecule has 0 bridgehead atoms. The molecule has 0 saturated carbocycles. The van der Waals surface area contributed by atoms with Gasteiger partial charge in [-0.05, 0) is 16.3 Å². The van der Waals surface area contributed by atoms with Crippen LogP contribution in [-0.4, -0.2) is 16.1 Å². The minimum atomic E-state index is -1.42. The molecule has 0 saturated heterocycles. The topological polar surface area (TPSA) is 0 Å². The second kappa shape index (κ2) is 4.37. The summed E-state index contributed by atoms with van der Waals surface area (Å²) in [5.41, 5.74) is 0. The molecule has 0 nitrogen and oxygen atoms in total. The first kappa shape index (κ1) is 13.1. The minimum absolute atomic E-state index is 1.14. The SMILES string of the molecule is C[Si](C)(C)c1ccsc1[Si](C)(C)C1=CCC=C1. The Hall–Kier alpha value is -0.386. The molecule has 1 heterocycles. The summed E-state index contributed by atoms with van der Waals surface area (Å²) in [7, 11) is -2.61. The predicted octanol–water partition coefficient (Wildman–Crippen LogP) is 3.63. The molecule has 0 fully saturated rings. The summed E-state index contributed by atoms with van der Waals surface area (Å²) in [6.07, 6.45) is 8.23. The van der Waals surface area contributed by atoms with E-state index in [2.05, 4.69) is 62.4 Å². The molecule has 2 rings (SSSR count). The van der Waals surface area contributed by atoms with Gasteiger partial charge in [-0.2, -0.15) is 11.3 Å². The summed E-state index contributed by atoms with van der Waals surface area (Å²) < 4.78 is 1.72. The summed E-state index contributed by atoms with van der Waals surface area (Å²) in [4.78, 5) is 0. The maximum absolute atomic E-state index is 2.50. The van der Waals surface area contributed by atoms with E-state index < -0.39 is 16.1 Å². The molecule has 0 radical (unpaired) electrons. The predicted molar refractivity (Wildman–Crippen MR) is 86.3 cm³/mol. The van der Waals surface area contributed by atoms with Crippen LogP contribution in [0, 0.1) is 0 Å². The molecule has 0 unspecified atom stereocenters. The van der Waals surface area contributed by atoms with Gasteiger partial charge in [-0.3, -0.25) is 0 Å². The summed E-state index contributed by atoms with van der Waals surface area (Å²) in [6.45, 7) is 12.4. The lowest BCUT2D eigenvalue weighted by Gasteiger charge is -2.27. The first-order chi connectivity index (χ1) is 7.83. The van der Waals surface area contributed by atoms with E-state index in [1.54, 1.807) is 14.9 Å². The van der Waals surface area contributed by atoms with Gasteiger partial charge in [-0.1, -0.05) is 67.4 Å². The van der Waals surface area contributed by atoms with E-state index in [-0.39, 0.29) is 0 Å². The van der Waals surface area contributed by atoms with Crippen molar-refractivity contribution in [3.8, 4) is 0 Å². The van der Waals surface area contributed by atoms with Gasteiger partial charge in [0, 0.05) is 0 Å². The molecule has 17 heavy (non-hydrogen) atoms. The number of allylic oxidation sites excluding steroid dienone is 4. The van der Waals surface area contributed by atoms with Crippen molar-refractivity contribution < 1.29 is 0 Å². The molecular formula is C14H22SSi2. The number of hydrogen-bond acceptors (Lipinski definition) is 1. The van der Waals surface area contributed by atoms with Crippen LogP contribution in [-0.2, 0) is 0 Å².